The Morgan fingerprint density at radius 2 is 1.00 bits per heavy atom. The summed E-state index contributed by atoms with van der Waals surface area (Å²) >= 11 is 0. The summed E-state index contributed by atoms with van der Waals surface area (Å²) in [6.45, 7) is 0. The normalized spacial score (nSPS) is 55.7. The highest BCUT2D eigenvalue weighted by Crippen LogP contribution is 2.74. The van der Waals surface area contributed by atoms with Gasteiger partial charge in [-0.05, 0) is 76.3 Å². The van der Waals surface area contributed by atoms with Crippen molar-refractivity contribution in [3.63, 3.8) is 0 Å². The second-order valence-electron chi connectivity index (χ2n) is 16.0. The molecule has 0 bridgehead atoms. The first-order valence-electron chi connectivity index (χ1n) is 18.3. The van der Waals surface area contributed by atoms with Crippen LogP contribution in [0.25, 0.3) is 0 Å². The third kappa shape index (κ3) is 3.24. The maximum absolute atomic E-state index is 7.25. The number of hydrogen-bond acceptors (Lipinski definition) is 5. The zero-order chi connectivity index (χ0) is 27.1. The van der Waals surface area contributed by atoms with E-state index in [0.29, 0.717) is 60.7 Å². The third-order valence-electron chi connectivity index (χ3n) is 14.6. The Kier molecular flexibility index (Phi) is 5.71. The molecular formula is C36H50N3O2P. The van der Waals surface area contributed by atoms with E-state index in [0.717, 1.165) is 29.1 Å². The Bertz CT molecular complexity index is 1150. The lowest BCUT2D eigenvalue weighted by atomic mass is 9.72. The second-order valence-corrected chi connectivity index (χ2v) is 18.7. The number of nitrogens with zero attached hydrogens (tertiary/aromatic N) is 3. The molecule has 5 nitrogen and oxygen atoms in total. The van der Waals surface area contributed by atoms with Gasteiger partial charge in [-0.1, -0.05) is 58.2 Å². The summed E-state index contributed by atoms with van der Waals surface area (Å²) in [6, 6.07) is 17.5. The number of fused-ring (bicyclic) bond motifs is 6. The maximum atomic E-state index is 7.25. The number of anilines is 1. The minimum absolute atomic E-state index is 0.0852. The summed E-state index contributed by atoms with van der Waals surface area (Å²) < 4.78 is 14.5. The predicted molar refractivity (Wildman–Crippen MR) is 168 cm³/mol. The Morgan fingerprint density at radius 1 is 0.476 bits per heavy atom. The molecule has 5 saturated heterocycles. The van der Waals surface area contributed by atoms with E-state index >= 15 is 0 Å². The minimum Gasteiger partial charge on any atom is -0.372 e. The van der Waals surface area contributed by atoms with Crippen LogP contribution in [0.3, 0.4) is 0 Å². The van der Waals surface area contributed by atoms with E-state index in [-0.39, 0.29) is 7.92 Å². The van der Waals surface area contributed by atoms with E-state index in [1.165, 1.54) is 102 Å². The van der Waals surface area contributed by atoms with E-state index in [1.807, 2.05) is 0 Å². The summed E-state index contributed by atoms with van der Waals surface area (Å²) in [7, 11) is -0.0852. The molecule has 5 aliphatic carbocycles. The second kappa shape index (κ2) is 9.41. The topological polar surface area (TPSA) is 28.2 Å². The lowest BCUT2D eigenvalue weighted by Crippen LogP contribution is -2.85. The van der Waals surface area contributed by atoms with E-state index < -0.39 is 0 Å². The van der Waals surface area contributed by atoms with Crippen molar-refractivity contribution in [3.8, 4) is 0 Å². The van der Waals surface area contributed by atoms with Gasteiger partial charge in [0.2, 0.25) is 0 Å². The zero-order valence-corrected chi connectivity index (χ0v) is 26.2. The highest BCUT2D eigenvalue weighted by molar-refractivity contribution is 7.60. The molecule has 0 spiro atoms. The quantitative estimate of drug-likeness (QED) is 0.369. The zero-order valence-electron chi connectivity index (χ0n) is 25.3. The van der Waals surface area contributed by atoms with Crippen LogP contribution in [0.4, 0.5) is 5.69 Å². The van der Waals surface area contributed by atoms with Crippen LogP contribution < -0.4 is 4.90 Å². The first kappa shape index (κ1) is 25.5. The van der Waals surface area contributed by atoms with Gasteiger partial charge in [0, 0.05) is 71.0 Å². The Morgan fingerprint density at radius 3 is 1.57 bits per heavy atom. The van der Waals surface area contributed by atoms with Crippen molar-refractivity contribution in [2.24, 2.45) is 0 Å². The fourth-order valence-corrected chi connectivity index (χ4v) is 19.0. The molecule has 1 aromatic rings. The molecule has 0 radical (unpaired) electrons. The fourth-order valence-electron chi connectivity index (χ4n) is 13.6. The molecule has 14 atom stereocenters. The van der Waals surface area contributed by atoms with Crippen molar-refractivity contribution in [2.75, 3.05) is 4.90 Å². The molecule has 1 aromatic carbocycles. The summed E-state index contributed by atoms with van der Waals surface area (Å²) in [5.41, 5.74) is 4.08. The first-order chi connectivity index (χ1) is 20.9. The minimum atomic E-state index is -0.0852. The van der Waals surface area contributed by atoms with Gasteiger partial charge >= 0.3 is 0 Å². The summed E-state index contributed by atoms with van der Waals surface area (Å²) in [4.78, 5) is 9.64. The predicted octanol–water partition coefficient (Wildman–Crippen LogP) is 6.13. The number of benzene rings is 1. The van der Waals surface area contributed by atoms with Gasteiger partial charge < -0.3 is 14.4 Å². The molecule has 5 saturated carbocycles. The molecule has 14 unspecified atom stereocenters. The standard InChI is InChI=1S/C36H50N3O2P/c1-2-9-21(10-3-1)37-26-17-19-30-32-35(26)42-34-24(38(32)22-11-4-6-15-28(22)40-30)13-8-14-25(34)39-23-12-5-7-16-29(23)41-31-20-18-27(37)36(42)33(31)39/h1-3,9-10,22-36H,4-8,11-20H2. The molecule has 5 heterocycles. The van der Waals surface area contributed by atoms with Crippen molar-refractivity contribution < 1.29 is 9.47 Å². The molecule has 226 valence electrons. The molecule has 42 heavy (non-hydrogen) atoms. The Labute approximate surface area is 253 Å². The van der Waals surface area contributed by atoms with Gasteiger partial charge in [-0.15, -0.1) is 0 Å². The number of morpholine rings is 2. The van der Waals surface area contributed by atoms with Crippen molar-refractivity contribution in [1.29, 1.82) is 0 Å². The first-order valence-corrected chi connectivity index (χ1v) is 19.9. The highest BCUT2D eigenvalue weighted by atomic mass is 31.1. The SMILES string of the molecule is c1ccc(N2C3CCC4OC5CCCCC5N5C6CCCC7C6P(C3C45)C3C2CCC2OC4CCCCC4N7C23)cc1. The molecule has 0 aromatic heterocycles. The van der Waals surface area contributed by atoms with Gasteiger partial charge in [0.15, 0.2) is 0 Å². The molecule has 10 fully saturated rings. The van der Waals surface area contributed by atoms with Gasteiger partial charge in [0.1, 0.15) is 0 Å². The van der Waals surface area contributed by atoms with Gasteiger partial charge in [-0.3, -0.25) is 9.80 Å². The highest BCUT2D eigenvalue weighted by Gasteiger charge is 2.72. The van der Waals surface area contributed by atoms with E-state index in [2.05, 4.69) is 45.0 Å². The van der Waals surface area contributed by atoms with Gasteiger partial charge in [-0.2, -0.15) is 0 Å². The number of ether oxygens (including phenoxy) is 2. The summed E-state index contributed by atoms with van der Waals surface area (Å²) in [5, 5.41) is 0. The van der Waals surface area contributed by atoms with Crippen molar-refractivity contribution >= 4 is 13.6 Å². The molecular weight excluding hydrogens is 537 g/mol. The van der Waals surface area contributed by atoms with Crippen molar-refractivity contribution in [1.82, 2.24) is 9.80 Å². The van der Waals surface area contributed by atoms with Crippen LogP contribution in [-0.2, 0) is 9.47 Å². The molecule has 6 heteroatoms. The van der Waals surface area contributed by atoms with Crippen LogP contribution in [0.5, 0.6) is 0 Å². The van der Waals surface area contributed by atoms with Crippen LogP contribution in [-0.4, -0.2) is 99.5 Å². The van der Waals surface area contributed by atoms with Crippen LogP contribution in [0.1, 0.15) is 96.3 Å². The van der Waals surface area contributed by atoms with Crippen LogP contribution >= 0.6 is 7.92 Å². The van der Waals surface area contributed by atoms with E-state index in [4.69, 9.17) is 9.47 Å². The maximum Gasteiger partial charge on any atom is 0.0742 e. The largest absolute Gasteiger partial charge is 0.372 e. The molecule has 10 aliphatic rings. The van der Waals surface area contributed by atoms with Gasteiger partial charge in [0.25, 0.3) is 0 Å². The average molecular weight is 588 g/mol. The summed E-state index contributed by atoms with van der Waals surface area (Å²) in [6.07, 6.45) is 22.6. The van der Waals surface area contributed by atoms with Crippen LogP contribution in [0, 0.1) is 0 Å². The molecule has 11 rings (SSSR count). The van der Waals surface area contributed by atoms with Crippen LogP contribution in [0.2, 0.25) is 0 Å². The molecule has 5 aliphatic heterocycles. The summed E-state index contributed by atoms with van der Waals surface area (Å²) in [5.74, 6) is 0. The monoisotopic (exact) mass is 587 g/mol. The van der Waals surface area contributed by atoms with Gasteiger partial charge in [0.05, 0.1) is 24.4 Å². The van der Waals surface area contributed by atoms with E-state index in [9.17, 15) is 0 Å². The lowest BCUT2D eigenvalue weighted by molar-refractivity contribution is -0.217. The Hall–Kier alpha value is -0.710. The smallest absolute Gasteiger partial charge is 0.0742 e. The Balaban J connectivity index is 1.12. The number of rotatable bonds is 1. The van der Waals surface area contributed by atoms with Crippen molar-refractivity contribution in [3.05, 3.63) is 30.3 Å². The molecule has 0 amide bonds. The number of hydrogen-bond donors (Lipinski definition) is 0. The average Bonchev–Trinajstić information content (AvgIpc) is 3.05. The third-order valence-corrected chi connectivity index (χ3v) is 18.6. The van der Waals surface area contributed by atoms with Gasteiger partial charge in [-0.25, -0.2) is 0 Å². The van der Waals surface area contributed by atoms with Crippen LogP contribution in [0.15, 0.2) is 30.3 Å². The number of para-hydroxylation sites is 1. The van der Waals surface area contributed by atoms with Crippen molar-refractivity contribution in [2.45, 2.75) is 186 Å². The lowest BCUT2D eigenvalue weighted by Gasteiger charge is -2.77. The van der Waals surface area contributed by atoms with E-state index in [1.54, 1.807) is 0 Å². The fraction of sp³-hybridized carbons (Fsp3) is 0.833. The molecule has 0 N–H and O–H groups in total.